The van der Waals surface area contributed by atoms with Gasteiger partial charge in [0.05, 0.1) is 12.2 Å². The van der Waals surface area contributed by atoms with Crippen molar-refractivity contribution in [2.24, 2.45) is 11.8 Å². The summed E-state index contributed by atoms with van der Waals surface area (Å²) >= 11 is 0. The van der Waals surface area contributed by atoms with Gasteiger partial charge >= 0.3 is 6.18 Å². The van der Waals surface area contributed by atoms with Crippen molar-refractivity contribution in [3.8, 4) is 16.9 Å². The van der Waals surface area contributed by atoms with Gasteiger partial charge in [-0.2, -0.15) is 13.2 Å². The molecule has 2 aromatic rings. The van der Waals surface area contributed by atoms with Crippen LogP contribution in [0.5, 0.6) is 5.75 Å². The average molecular weight is 481 g/mol. The lowest BCUT2D eigenvalue weighted by Crippen LogP contribution is -2.14. The van der Waals surface area contributed by atoms with Gasteiger partial charge in [-0.1, -0.05) is 63.0 Å². The predicted molar refractivity (Wildman–Crippen MR) is 127 cm³/mol. The Morgan fingerprint density at radius 3 is 2.32 bits per heavy atom. The third-order valence-electron chi connectivity index (χ3n) is 6.66. The third kappa shape index (κ3) is 6.61. The summed E-state index contributed by atoms with van der Waals surface area (Å²) < 4.78 is 76.0. The lowest BCUT2D eigenvalue weighted by atomic mass is 9.79. The van der Waals surface area contributed by atoms with Crippen LogP contribution < -0.4 is 4.74 Å². The first-order valence-corrected chi connectivity index (χ1v) is 12.2. The van der Waals surface area contributed by atoms with E-state index in [1.54, 1.807) is 13.0 Å². The Bertz CT molecular complexity index is 971. The van der Waals surface area contributed by atoms with Gasteiger partial charge in [-0.15, -0.1) is 0 Å². The number of hydrogen-bond acceptors (Lipinski definition) is 1. The molecule has 0 amide bonds. The van der Waals surface area contributed by atoms with Gasteiger partial charge in [-0.3, -0.25) is 0 Å². The summed E-state index contributed by atoms with van der Waals surface area (Å²) in [6, 6.07) is 6.21. The van der Waals surface area contributed by atoms with Gasteiger partial charge < -0.3 is 4.74 Å². The highest BCUT2D eigenvalue weighted by Crippen LogP contribution is 2.40. The van der Waals surface area contributed by atoms with Crippen LogP contribution >= 0.6 is 0 Å². The molecule has 0 aromatic heterocycles. The quantitative estimate of drug-likeness (QED) is 0.257. The van der Waals surface area contributed by atoms with Gasteiger partial charge in [0, 0.05) is 5.56 Å². The van der Waals surface area contributed by atoms with Gasteiger partial charge in [-0.05, 0) is 67.7 Å². The molecular weight excluding hydrogens is 447 g/mol. The van der Waals surface area contributed by atoms with E-state index in [0.29, 0.717) is 5.92 Å². The van der Waals surface area contributed by atoms with E-state index in [1.165, 1.54) is 56.0 Å². The summed E-state index contributed by atoms with van der Waals surface area (Å²) in [7, 11) is 0. The van der Waals surface area contributed by atoms with Gasteiger partial charge in [0.2, 0.25) is 0 Å². The van der Waals surface area contributed by atoms with E-state index in [4.69, 9.17) is 4.74 Å². The molecule has 6 heteroatoms. The Hall–Kier alpha value is -2.37. The molecule has 1 fully saturated rings. The van der Waals surface area contributed by atoms with Gasteiger partial charge in [-0.25, -0.2) is 8.78 Å². The summed E-state index contributed by atoms with van der Waals surface area (Å²) in [4.78, 5) is 0. The molecule has 186 valence electrons. The zero-order chi connectivity index (χ0) is 24.7. The first-order valence-electron chi connectivity index (χ1n) is 12.2. The molecule has 1 aliphatic rings. The molecule has 0 atom stereocenters. The van der Waals surface area contributed by atoms with Crippen molar-refractivity contribution >= 4 is 6.08 Å². The Balaban J connectivity index is 1.80. The molecule has 34 heavy (non-hydrogen) atoms. The number of allylic oxidation sites excluding steroid dienone is 1. The molecule has 0 unspecified atom stereocenters. The highest BCUT2D eigenvalue weighted by molar-refractivity contribution is 5.70. The molecule has 2 aromatic carbocycles. The predicted octanol–water partition coefficient (Wildman–Crippen LogP) is 9.45. The molecule has 0 spiro atoms. The zero-order valence-electron chi connectivity index (χ0n) is 19.9. The number of ether oxygens (including phenoxy) is 1. The lowest BCUT2D eigenvalue weighted by molar-refractivity contribution is -0.140. The van der Waals surface area contributed by atoms with E-state index in [9.17, 15) is 17.6 Å². The van der Waals surface area contributed by atoms with Crippen LogP contribution in [0.25, 0.3) is 17.2 Å². The van der Waals surface area contributed by atoms with Crippen molar-refractivity contribution in [3.05, 3.63) is 59.2 Å². The average Bonchev–Trinajstić information content (AvgIpc) is 2.79. The number of halogens is 5. The first kappa shape index (κ1) is 26.2. The summed E-state index contributed by atoms with van der Waals surface area (Å²) in [5.41, 5.74) is -1.78. The minimum atomic E-state index is -4.87. The summed E-state index contributed by atoms with van der Waals surface area (Å²) in [5, 5.41) is 0. The van der Waals surface area contributed by atoms with Crippen molar-refractivity contribution in [1.82, 2.24) is 0 Å². The smallest absolute Gasteiger partial charge is 0.419 e. The molecule has 0 bridgehead atoms. The van der Waals surface area contributed by atoms with E-state index in [1.807, 2.05) is 0 Å². The molecule has 0 N–H and O–H groups in total. The fourth-order valence-corrected chi connectivity index (χ4v) is 4.77. The maximum Gasteiger partial charge on any atom is 0.419 e. The normalized spacial score (nSPS) is 19.0. The highest BCUT2D eigenvalue weighted by atomic mass is 19.4. The van der Waals surface area contributed by atoms with Crippen LogP contribution in [0.2, 0.25) is 0 Å². The lowest BCUT2D eigenvalue weighted by Gasteiger charge is -2.26. The SMILES string of the molecule is CCCCCC1CCC(C=Cc2ccc(-c3ccc(OCC)c(F)c3)c(F)c2C(F)(F)F)CC1. The monoisotopic (exact) mass is 480 g/mol. The third-order valence-corrected chi connectivity index (χ3v) is 6.66. The van der Waals surface area contributed by atoms with Crippen LogP contribution in [0.3, 0.4) is 0 Å². The van der Waals surface area contributed by atoms with E-state index in [0.717, 1.165) is 31.7 Å². The van der Waals surface area contributed by atoms with Crippen molar-refractivity contribution in [2.75, 3.05) is 6.61 Å². The fraction of sp³-hybridized carbons (Fsp3) is 0.500. The zero-order valence-corrected chi connectivity index (χ0v) is 19.9. The van der Waals surface area contributed by atoms with Crippen LogP contribution in [0, 0.1) is 23.5 Å². The van der Waals surface area contributed by atoms with Crippen LogP contribution in [-0.2, 0) is 6.18 Å². The number of hydrogen-bond donors (Lipinski definition) is 0. The Morgan fingerprint density at radius 2 is 1.71 bits per heavy atom. The van der Waals surface area contributed by atoms with Crippen LogP contribution in [0.4, 0.5) is 22.0 Å². The number of unbranched alkanes of at least 4 members (excludes halogenated alkanes) is 2. The summed E-state index contributed by atoms with van der Waals surface area (Å²) in [5.74, 6) is -1.26. The van der Waals surface area contributed by atoms with E-state index < -0.39 is 23.4 Å². The van der Waals surface area contributed by atoms with Crippen molar-refractivity contribution in [3.63, 3.8) is 0 Å². The van der Waals surface area contributed by atoms with E-state index in [-0.39, 0.29) is 35.0 Å². The molecular formula is C28H33F5O. The van der Waals surface area contributed by atoms with Crippen molar-refractivity contribution < 1.29 is 26.7 Å². The largest absolute Gasteiger partial charge is 0.491 e. The number of rotatable bonds is 9. The van der Waals surface area contributed by atoms with E-state index >= 15 is 4.39 Å². The second kappa shape index (κ2) is 11.9. The molecule has 1 nitrogen and oxygen atoms in total. The Morgan fingerprint density at radius 1 is 0.971 bits per heavy atom. The van der Waals surface area contributed by atoms with Crippen molar-refractivity contribution in [1.29, 1.82) is 0 Å². The molecule has 0 saturated heterocycles. The summed E-state index contributed by atoms with van der Waals surface area (Å²) in [6.45, 7) is 4.11. The minimum absolute atomic E-state index is 0.0256. The molecule has 0 aliphatic heterocycles. The molecule has 3 rings (SSSR count). The second-order valence-corrected chi connectivity index (χ2v) is 9.10. The van der Waals surface area contributed by atoms with Crippen LogP contribution in [-0.4, -0.2) is 6.61 Å². The highest BCUT2D eigenvalue weighted by Gasteiger charge is 2.37. The van der Waals surface area contributed by atoms with Crippen LogP contribution in [0.15, 0.2) is 36.4 Å². The topological polar surface area (TPSA) is 9.23 Å². The van der Waals surface area contributed by atoms with Gasteiger partial charge in [0.25, 0.3) is 0 Å². The maximum atomic E-state index is 15.2. The van der Waals surface area contributed by atoms with Crippen molar-refractivity contribution in [2.45, 2.75) is 71.4 Å². The second-order valence-electron chi connectivity index (χ2n) is 9.10. The number of alkyl halides is 3. The fourth-order valence-electron chi connectivity index (χ4n) is 4.77. The number of benzene rings is 2. The first-order chi connectivity index (χ1) is 16.2. The minimum Gasteiger partial charge on any atom is -0.491 e. The van der Waals surface area contributed by atoms with Crippen LogP contribution in [0.1, 0.15) is 76.3 Å². The molecule has 1 aliphatic carbocycles. The van der Waals surface area contributed by atoms with Gasteiger partial charge in [0.15, 0.2) is 11.6 Å². The molecule has 1 saturated carbocycles. The summed E-state index contributed by atoms with van der Waals surface area (Å²) in [6.07, 6.45) is 7.28. The standard InChI is InChI=1S/C28H33F5O/c1-3-5-6-7-19-8-10-20(11-9-19)12-13-21-14-16-23(27(30)26(21)28(31,32)33)22-15-17-25(34-4-2)24(29)18-22/h12-20H,3-11H2,1-2H3. The maximum absolute atomic E-state index is 15.2. The van der Waals surface area contributed by atoms with Gasteiger partial charge in [0.1, 0.15) is 5.82 Å². The Kier molecular flexibility index (Phi) is 9.15. The van der Waals surface area contributed by atoms with E-state index in [2.05, 4.69) is 6.92 Å². The molecule has 0 radical (unpaired) electrons. The molecule has 0 heterocycles. The Labute approximate surface area is 199 Å².